The first-order valence-electron chi connectivity index (χ1n) is 9.02. The quantitative estimate of drug-likeness (QED) is 0.714. The number of benzene rings is 2. The van der Waals surface area contributed by atoms with Crippen LogP contribution in [0.5, 0.6) is 0 Å². The maximum Gasteiger partial charge on any atom is 0.313 e. The lowest BCUT2D eigenvalue weighted by Crippen LogP contribution is -2.28. The lowest BCUT2D eigenvalue weighted by Gasteiger charge is -2.16. The summed E-state index contributed by atoms with van der Waals surface area (Å²) in [5.41, 5.74) is 2.65. The molecule has 6 nitrogen and oxygen atoms in total. The number of hydrogen-bond acceptors (Lipinski definition) is 4. The highest BCUT2D eigenvalue weighted by atomic mass is 32.2. The van der Waals surface area contributed by atoms with Gasteiger partial charge < -0.3 is 15.3 Å². The van der Waals surface area contributed by atoms with Gasteiger partial charge in [-0.3, -0.25) is 14.4 Å². The number of hydrogen-bond donors (Lipinski definition) is 2. The number of carbonyl (C=O) groups is 3. The average Bonchev–Trinajstić information content (AvgIpc) is 3.03. The van der Waals surface area contributed by atoms with Crippen LogP contribution in [0.3, 0.4) is 0 Å². The van der Waals surface area contributed by atoms with Gasteiger partial charge in [0.25, 0.3) is 0 Å². The normalized spacial score (nSPS) is 16.2. The molecule has 1 unspecified atom stereocenters. The van der Waals surface area contributed by atoms with Crippen LogP contribution in [0.1, 0.15) is 17.5 Å². The van der Waals surface area contributed by atoms with Gasteiger partial charge >= 0.3 is 5.97 Å². The van der Waals surface area contributed by atoms with Gasteiger partial charge in [0.1, 0.15) is 0 Å². The predicted molar refractivity (Wildman–Crippen MR) is 109 cm³/mol. The molecule has 0 radical (unpaired) electrons. The summed E-state index contributed by atoms with van der Waals surface area (Å²) in [6.45, 7) is 0.924. The average molecular weight is 398 g/mol. The Balaban J connectivity index is 1.55. The smallest absolute Gasteiger partial charge is 0.313 e. The number of anilines is 1. The number of carboxylic acids is 1. The maximum atomic E-state index is 12.6. The molecule has 1 saturated heterocycles. The lowest BCUT2D eigenvalue weighted by atomic mass is 10.1. The van der Waals surface area contributed by atoms with Crippen LogP contribution in [0.15, 0.2) is 54.6 Å². The van der Waals surface area contributed by atoms with Crippen LogP contribution in [-0.2, 0) is 26.7 Å². The van der Waals surface area contributed by atoms with Gasteiger partial charge in [-0.15, -0.1) is 11.8 Å². The van der Waals surface area contributed by atoms with Gasteiger partial charge in [0.05, 0.1) is 11.7 Å². The Bertz CT molecular complexity index is 856. The van der Waals surface area contributed by atoms with E-state index in [0.29, 0.717) is 24.5 Å². The largest absolute Gasteiger partial charge is 0.481 e. The second-order valence-corrected chi connectivity index (χ2v) is 7.72. The number of nitrogens with one attached hydrogen (secondary N) is 1. The Labute approximate surface area is 167 Å². The van der Waals surface area contributed by atoms with Crippen LogP contribution in [0.4, 0.5) is 5.69 Å². The zero-order valence-electron chi connectivity index (χ0n) is 15.3. The molecule has 7 heteroatoms. The van der Waals surface area contributed by atoms with Crippen molar-refractivity contribution in [3.63, 3.8) is 0 Å². The number of amides is 2. The first-order valence-corrected chi connectivity index (χ1v) is 10.2. The van der Waals surface area contributed by atoms with Crippen LogP contribution < -0.4 is 5.32 Å². The van der Waals surface area contributed by atoms with Gasteiger partial charge in [0.15, 0.2) is 0 Å². The summed E-state index contributed by atoms with van der Waals surface area (Å²) in [7, 11) is 0. The van der Waals surface area contributed by atoms with Crippen LogP contribution in [-0.4, -0.2) is 40.1 Å². The third-order valence-electron chi connectivity index (χ3n) is 4.49. The number of likely N-dealkylation sites (tertiary alicyclic amines) is 1. The molecule has 1 aliphatic heterocycles. The van der Waals surface area contributed by atoms with Gasteiger partial charge in [0.2, 0.25) is 11.8 Å². The van der Waals surface area contributed by atoms with Crippen molar-refractivity contribution in [3.8, 4) is 0 Å². The summed E-state index contributed by atoms with van der Waals surface area (Å²) in [5.74, 6) is -0.801. The second-order valence-electron chi connectivity index (χ2n) is 6.74. The van der Waals surface area contributed by atoms with E-state index in [0.717, 1.165) is 11.1 Å². The van der Waals surface area contributed by atoms with Gasteiger partial charge in [-0.2, -0.15) is 0 Å². The fourth-order valence-electron chi connectivity index (χ4n) is 3.14. The Hall–Kier alpha value is -2.80. The third-order valence-corrected chi connectivity index (χ3v) is 5.48. The van der Waals surface area contributed by atoms with E-state index in [2.05, 4.69) is 5.32 Å². The van der Waals surface area contributed by atoms with E-state index < -0.39 is 5.97 Å². The summed E-state index contributed by atoms with van der Waals surface area (Å²) >= 11 is 1.31. The number of thioether (sulfide) groups is 1. The minimum absolute atomic E-state index is 0.0113. The summed E-state index contributed by atoms with van der Waals surface area (Å²) in [6.07, 6.45) is 0.215. The molecule has 0 aromatic heterocycles. The molecule has 2 aromatic carbocycles. The Morgan fingerprint density at radius 3 is 2.61 bits per heavy atom. The van der Waals surface area contributed by atoms with E-state index >= 15 is 0 Å². The van der Waals surface area contributed by atoms with Crippen LogP contribution >= 0.6 is 11.8 Å². The summed E-state index contributed by atoms with van der Waals surface area (Å²) in [4.78, 5) is 37.2. The molecule has 2 amide bonds. The first-order chi connectivity index (χ1) is 13.5. The highest BCUT2D eigenvalue weighted by Gasteiger charge is 2.34. The van der Waals surface area contributed by atoms with Crippen molar-refractivity contribution < 1.29 is 19.5 Å². The Morgan fingerprint density at radius 1 is 1.11 bits per heavy atom. The number of carbonyl (C=O) groups excluding carboxylic acids is 2. The number of aliphatic carboxylic acids is 1. The molecule has 2 N–H and O–H groups in total. The van der Waals surface area contributed by atoms with Crippen molar-refractivity contribution in [2.75, 3.05) is 17.6 Å². The zero-order chi connectivity index (χ0) is 19.9. The van der Waals surface area contributed by atoms with Crippen molar-refractivity contribution >= 4 is 35.2 Å². The van der Waals surface area contributed by atoms with Gasteiger partial charge in [-0.1, -0.05) is 42.5 Å². The number of rotatable bonds is 8. The Kier molecular flexibility index (Phi) is 6.71. The highest BCUT2D eigenvalue weighted by Crippen LogP contribution is 2.23. The topological polar surface area (TPSA) is 86.7 Å². The second kappa shape index (κ2) is 9.41. The molecule has 1 atom stereocenters. The molecule has 1 heterocycles. The van der Waals surface area contributed by atoms with Gasteiger partial charge in [-0.25, -0.2) is 0 Å². The third kappa shape index (κ3) is 5.60. The molecule has 28 heavy (non-hydrogen) atoms. The molecule has 1 aliphatic rings. The molecule has 1 fully saturated rings. The van der Waals surface area contributed by atoms with Crippen molar-refractivity contribution in [1.29, 1.82) is 0 Å². The fourth-order valence-corrected chi connectivity index (χ4v) is 3.84. The molecule has 0 bridgehead atoms. The monoisotopic (exact) mass is 398 g/mol. The van der Waals surface area contributed by atoms with Crippen molar-refractivity contribution in [3.05, 3.63) is 65.7 Å². The van der Waals surface area contributed by atoms with E-state index in [9.17, 15) is 14.4 Å². The molecular formula is C21H22N2O4S. The SMILES string of the molecule is O=C(O)CSCc1cccc(NC(=O)C2CC(=O)N(Cc3ccccc3)C2)c1. The molecule has 3 rings (SSSR count). The predicted octanol–water partition coefficient (Wildman–Crippen LogP) is 2.99. The zero-order valence-corrected chi connectivity index (χ0v) is 16.2. The van der Waals surface area contributed by atoms with Crippen molar-refractivity contribution in [1.82, 2.24) is 4.90 Å². The molecule has 0 aliphatic carbocycles. The summed E-state index contributed by atoms with van der Waals surface area (Å²) in [5, 5.41) is 11.6. The van der Waals surface area contributed by atoms with Gasteiger partial charge in [0, 0.05) is 31.0 Å². The molecule has 0 spiro atoms. The van der Waals surface area contributed by atoms with E-state index in [1.165, 1.54) is 11.8 Å². The minimum atomic E-state index is -0.847. The fraction of sp³-hybridized carbons (Fsp3) is 0.286. The van der Waals surface area contributed by atoms with Crippen molar-refractivity contribution in [2.24, 2.45) is 5.92 Å². The number of carboxylic acid groups (broad SMARTS) is 1. The minimum Gasteiger partial charge on any atom is -0.481 e. The molecule has 0 saturated carbocycles. The summed E-state index contributed by atoms with van der Waals surface area (Å²) in [6, 6.07) is 17.1. The number of nitrogens with zero attached hydrogens (tertiary/aromatic N) is 1. The van der Waals surface area contributed by atoms with Crippen LogP contribution in [0, 0.1) is 5.92 Å². The van der Waals surface area contributed by atoms with E-state index in [1.54, 1.807) is 11.0 Å². The Morgan fingerprint density at radius 2 is 1.86 bits per heavy atom. The summed E-state index contributed by atoms with van der Waals surface area (Å²) < 4.78 is 0. The lowest BCUT2D eigenvalue weighted by molar-refractivity contribution is -0.134. The molecule has 146 valence electrons. The van der Waals surface area contributed by atoms with Crippen molar-refractivity contribution in [2.45, 2.75) is 18.7 Å². The first kappa shape index (κ1) is 19.9. The van der Waals surface area contributed by atoms with E-state index in [4.69, 9.17) is 5.11 Å². The van der Waals surface area contributed by atoms with Crippen LogP contribution in [0.25, 0.3) is 0 Å². The van der Waals surface area contributed by atoms with Gasteiger partial charge in [-0.05, 0) is 23.3 Å². The molecule has 2 aromatic rings. The van der Waals surface area contributed by atoms with E-state index in [-0.39, 0.29) is 29.9 Å². The standard InChI is InChI=1S/C21H22N2O4S/c24-19-10-17(12-23(19)11-15-5-2-1-3-6-15)21(27)22-18-8-4-7-16(9-18)13-28-14-20(25)26/h1-9,17H,10-14H2,(H,22,27)(H,25,26). The maximum absolute atomic E-state index is 12.6. The highest BCUT2D eigenvalue weighted by molar-refractivity contribution is 7.99. The van der Waals surface area contributed by atoms with E-state index in [1.807, 2.05) is 48.5 Å². The molecular weight excluding hydrogens is 376 g/mol. The van der Waals surface area contributed by atoms with Crippen LogP contribution in [0.2, 0.25) is 0 Å².